The first kappa shape index (κ1) is 35.1. The summed E-state index contributed by atoms with van der Waals surface area (Å²) < 4.78 is 4.62. The Balaban J connectivity index is 1.67. The van der Waals surface area contributed by atoms with E-state index in [0.717, 1.165) is 33.4 Å². The molecule has 2 heterocycles. The van der Waals surface area contributed by atoms with Gasteiger partial charge in [0, 0.05) is 21.5 Å². The van der Waals surface area contributed by atoms with Crippen LogP contribution in [0.2, 0.25) is 0 Å². The van der Waals surface area contributed by atoms with Crippen molar-refractivity contribution in [2.24, 2.45) is 0 Å². The summed E-state index contributed by atoms with van der Waals surface area (Å²) in [7, 11) is 0. The Morgan fingerprint density at radius 3 is 0.788 bits per heavy atom. The number of fused-ring (bicyclic) bond motifs is 6. The van der Waals surface area contributed by atoms with Gasteiger partial charge < -0.3 is 9.13 Å². The monoisotopic (exact) mass is 682 g/mol. The number of nitrogens with zero attached hydrogens (tertiary/aromatic N) is 4. The van der Waals surface area contributed by atoms with Gasteiger partial charge in [-0.15, -0.1) is 0 Å². The first-order valence-electron chi connectivity index (χ1n) is 18.4. The van der Waals surface area contributed by atoms with E-state index in [4.69, 9.17) is 0 Å². The fourth-order valence-corrected chi connectivity index (χ4v) is 7.55. The number of benzene rings is 5. The molecule has 262 valence electrons. The van der Waals surface area contributed by atoms with Crippen molar-refractivity contribution in [2.45, 2.75) is 105 Å². The van der Waals surface area contributed by atoms with Gasteiger partial charge in [0.25, 0.3) is 0 Å². The third-order valence-corrected chi connectivity index (χ3v) is 10.8. The minimum absolute atomic E-state index is 0.0291. The zero-order chi connectivity index (χ0) is 37.7. The first-order valence-corrected chi connectivity index (χ1v) is 18.4. The van der Waals surface area contributed by atoms with Crippen molar-refractivity contribution < 1.29 is 0 Å². The van der Waals surface area contributed by atoms with Gasteiger partial charge in [0.1, 0.15) is 12.1 Å². The van der Waals surface area contributed by atoms with Gasteiger partial charge in [0.2, 0.25) is 0 Å². The molecule has 7 rings (SSSR count). The number of rotatable bonds is 2. The van der Waals surface area contributed by atoms with Gasteiger partial charge >= 0.3 is 0 Å². The minimum atomic E-state index is -0.0291. The van der Waals surface area contributed by atoms with E-state index in [1.165, 1.54) is 43.8 Å². The van der Waals surface area contributed by atoms with Crippen LogP contribution in [0.15, 0.2) is 84.9 Å². The van der Waals surface area contributed by atoms with Crippen LogP contribution in [-0.2, 0) is 21.7 Å². The maximum atomic E-state index is 10.4. The van der Waals surface area contributed by atoms with Crippen LogP contribution < -0.4 is 0 Å². The largest absolute Gasteiger partial charge is 0.307 e. The molecule has 0 aliphatic heterocycles. The zero-order valence-electron chi connectivity index (χ0n) is 32.9. The van der Waals surface area contributed by atoms with Crippen molar-refractivity contribution in [3.63, 3.8) is 0 Å². The molecule has 0 radical (unpaired) electrons. The van der Waals surface area contributed by atoms with E-state index >= 15 is 0 Å². The van der Waals surface area contributed by atoms with Gasteiger partial charge in [-0.3, -0.25) is 0 Å². The lowest BCUT2D eigenvalue weighted by molar-refractivity contribution is 0.590. The Kier molecular flexibility index (Phi) is 7.83. The van der Waals surface area contributed by atoms with E-state index in [9.17, 15) is 10.5 Å². The van der Waals surface area contributed by atoms with Crippen molar-refractivity contribution in [3.05, 3.63) is 118 Å². The molecule has 52 heavy (non-hydrogen) atoms. The Morgan fingerprint density at radius 1 is 0.365 bits per heavy atom. The van der Waals surface area contributed by atoms with Crippen LogP contribution in [-0.4, -0.2) is 9.13 Å². The summed E-state index contributed by atoms with van der Waals surface area (Å²) >= 11 is 0. The van der Waals surface area contributed by atoms with Crippen LogP contribution >= 0.6 is 0 Å². The number of hydrogen-bond donors (Lipinski definition) is 0. The quantitative estimate of drug-likeness (QED) is 0.182. The molecule has 0 aliphatic rings. The second kappa shape index (κ2) is 11.6. The van der Waals surface area contributed by atoms with E-state index in [1.54, 1.807) is 0 Å². The number of aromatic nitrogens is 2. The molecule has 0 N–H and O–H groups in total. The zero-order valence-corrected chi connectivity index (χ0v) is 32.9. The van der Waals surface area contributed by atoms with E-state index in [1.807, 2.05) is 12.1 Å². The Bertz CT molecular complexity index is 2340. The van der Waals surface area contributed by atoms with E-state index in [2.05, 4.69) is 177 Å². The number of hydrogen-bond acceptors (Lipinski definition) is 2. The van der Waals surface area contributed by atoms with Crippen molar-refractivity contribution in [3.8, 4) is 23.5 Å². The third kappa shape index (κ3) is 5.66. The summed E-state index contributed by atoms with van der Waals surface area (Å²) in [6, 6.07) is 35.8. The Morgan fingerprint density at radius 2 is 0.596 bits per heavy atom. The smallest absolute Gasteiger partial charge is 0.101 e. The fraction of sp³-hybridized carbons (Fsp3) is 0.333. The van der Waals surface area contributed by atoms with Crippen LogP contribution in [0.5, 0.6) is 0 Å². The molecule has 2 aromatic heterocycles. The molecule has 0 atom stereocenters. The summed E-state index contributed by atoms with van der Waals surface area (Å²) in [5.74, 6) is 0. The average molecular weight is 683 g/mol. The summed E-state index contributed by atoms with van der Waals surface area (Å²) in [5, 5.41) is 25.5. The molecular weight excluding hydrogens is 633 g/mol. The number of nitriles is 2. The highest BCUT2D eigenvalue weighted by Crippen LogP contribution is 2.43. The Hall–Kier alpha value is -5.32. The van der Waals surface area contributed by atoms with Crippen LogP contribution in [0.4, 0.5) is 0 Å². The molecule has 0 bridgehead atoms. The van der Waals surface area contributed by atoms with Crippen LogP contribution in [0.3, 0.4) is 0 Å². The first-order chi connectivity index (χ1) is 24.2. The van der Waals surface area contributed by atoms with E-state index in [0.29, 0.717) is 11.1 Å². The van der Waals surface area contributed by atoms with Crippen LogP contribution in [0.25, 0.3) is 55.0 Å². The van der Waals surface area contributed by atoms with Crippen molar-refractivity contribution in [1.29, 1.82) is 10.5 Å². The van der Waals surface area contributed by atoms with E-state index < -0.39 is 0 Å². The van der Waals surface area contributed by atoms with E-state index in [-0.39, 0.29) is 21.7 Å². The summed E-state index contributed by atoms with van der Waals surface area (Å²) in [5.41, 5.74) is 11.7. The minimum Gasteiger partial charge on any atom is -0.307 e. The average Bonchev–Trinajstić information content (AvgIpc) is 3.57. The fourth-order valence-electron chi connectivity index (χ4n) is 7.55. The van der Waals surface area contributed by atoms with Gasteiger partial charge in [0.05, 0.1) is 44.6 Å². The predicted molar refractivity (Wildman–Crippen MR) is 219 cm³/mol. The van der Waals surface area contributed by atoms with Crippen LogP contribution in [0, 0.1) is 22.7 Å². The molecule has 0 fully saturated rings. The maximum Gasteiger partial charge on any atom is 0.101 e. The summed E-state index contributed by atoms with van der Waals surface area (Å²) in [6.07, 6.45) is 0. The summed E-state index contributed by atoms with van der Waals surface area (Å²) in [6.45, 7) is 27.1. The lowest BCUT2D eigenvalue weighted by atomic mass is 9.85. The molecule has 0 aliphatic carbocycles. The molecule has 0 saturated carbocycles. The lowest BCUT2D eigenvalue weighted by Crippen LogP contribution is -2.11. The molecule has 4 heteroatoms. The SMILES string of the molecule is CC(C)(C)c1ccc2c(c1)c1cc(C(C)(C)C)ccc1n2-c1cc(C#N)c(C#N)cc1-n1c2ccc(C(C)(C)C)cc2c2cc(C(C)(C)C)ccc21. The van der Waals surface area contributed by atoms with Crippen molar-refractivity contribution in [2.75, 3.05) is 0 Å². The van der Waals surface area contributed by atoms with Gasteiger partial charge in [-0.1, -0.05) is 107 Å². The van der Waals surface area contributed by atoms with Gasteiger partial charge in [-0.25, -0.2) is 0 Å². The van der Waals surface area contributed by atoms with Crippen LogP contribution in [0.1, 0.15) is 116 Å². The topological polar surface area (TPSA) is 57.4 Å². The molecule has 5 aromatic carbocycles. The molecule has 0 saturated heterocycles. The third-order valence-electron chi connectivity index (χ3n) is 10.8. The second-order valence-corrected chi connectivity index (χ2v) is 18.7. The molecule has 0 spiro atoms. The highest BCUT2D eigenvalue weighted by atomic mass is 15.1. The summed E-state index contributed by atoms with van der Waals surface area (Å²) in [4.78, 5) is 0. The Labute approximate surface area is 308 Å². The molecular formula is C48H50N4. The molecule has 0 amide bonds. The molecule has 4 nitrogen and oxygen atoms in total. The molecule has 0 unspecified atom stereocenters. The van der Waals surface area contributed by atoms with Gasteiger partial charge in [-0.05, 0) is 105 Å². The predicted octanol–water partition coefficient (Wildman–Crippen LogP) is 12.8. The van der Waals surface area contributed by atoms with Gasteiger partial charge in [0.15, 0.2) is 0 Å². The highest BCUT2D eigenvalue weighted by molar-refractivity contribution is 6.12. The highest BCUT2D eigenvalue weighted by Gasteiger charge is 2.26. The lowest BCUT2D eigenvalue weighted by Gasteiger charge is -2.21. The second-order valence-electron chi connectivity index (χ2n) is 18.7. The standard InChI is InChI=1S/C48H50N4/c1-45(2,3)31-13-17-39-35(23-31)36-24-32(46(4,5)6)14-18-40(36)51(39)43-21-29(27-49)30(28-50)22-44(43)52-41-19-15-33(47(7,8)9)25-37(41)38-26-34(48(10,11)12)16-20-42(38)52/h13-26H,1-12H3. The normalized spacial score (nSPS) is 13.0. The molecule has 7 aromatic rings. The van der Waals surface area contributed by atoms with Gasteiger partial charge in [-0.2, -0.15) is 10.5 Å². The van der Waals surface area contributed by atoms with Crippen molar-refractivity contribution in [1.82, 2.24) is 9.13 Å². The maximum absolute atomic E-state index is 10.4. The van der Waals surface area contributed by atoms with Crippen molar-refractivity contribution >= 4 is 43.6 Å².